The lowest BCUT2D eigenvalue weighted by Gasteiger charge is -2.12. The van der Waals surface area contributed by atoms with Crippen LogP contribution in [0.4, 0.5) is 0 Å². The van der Waals surface area contributed by atoms with Crippen molar-refractivity contribution in [2.24, 2.45) is 5.92 Å². The maximum Gasteiger partial charge on any atom is 0.0685 e. The van der Waals surface area contributed by atoms with E-state index in [0.717, 1.165) is 24.6 Å². The summed E-state index contributed by atoms with van der Waals surface area (Å²) in [5, 5.41) is 12.7. The summed E-state index contributed by atoms with van der Waals surface area (Å²) in [6.07, 6.45) is 5.57. The normalized spacial score (nSPS) is 16.8. The summed E-state index contributed by atoms with van der Waals surface area (Å²) in [6, 6.07) is 8.09. The molecule has 1 aliphatic rings. The van der Waals surface area contributed by atoms with Crippen LogP contribution in [0.2, 0.25) is 0 Å². The molecule has 1 aromatic rings. The quantitative estimate of drug-likeness (QED) is 0.797. The number of nitrogens with one attached hydrogen (secondary N) is 1. The van der Waals surface area contributed by atoms with Crippen LogP contribution in [0.25, 0.3) is 0 Å². The molecule has 0 bridgehead atoms. The molecule has 0 atom stereocenters. The molecule has 1 aromatic carbocycles. The summed E-state index contributed by atoms with van der Waals surface area (Å²) in [5.41, 5.74) is 2.27. The highest BCUT2D eigenvalue weighted by molar-refractivity contribution is 5.26. The molecule has 0 saturated heterocycles. The Morgan fingerprint density at radius 3 is 2.50 bits per heavy atom. The van der Waals surface area contributed by atoms with E-state index < -0.39 is 0 Å². The zero-order valence-electron chi connectivity index (χ0n) is 9.78. The minimum Gasteiger partial charge on any atom is -0.392 e. The summed E-state index contributed by atoms with van der Waals surface area (Å²) < 4.78 is 0. The van der Waals surface area contributed by atoms with Crippen molar-refractivity contribution in [1.82, 2.24) is 5.32 Å². The van der Waals surface area contributed by atoms with Crippen LogP contribution in [0.3, 0.4) is 0 Å². The van der Waals surface area contributed by atoms with Gasteiger partial charge in [-0.05, 0) is 36.4 Å². The average molecular weight is 219 g/mol. The predicted molar refractivity (Wildman–Crippen MR) is 66.0 cm³/mol. The van der Waals surface area contributed by atoms with Gasteiger partial charge in [-0.3, -0.25) is 0 Å². The second-order valence-corrected chi connectivity index (χ2v) is 4.71. The fourth-order valence-electron chi connectivity index (χ4n) is 2.51. The van der Waals surface area contributed by atoms with E-state index in [-0.39, 0.29) is 6.61 Å². The fourth-order valence-corrected chi connectivity index (χ4v) is 2.51. The molecule has 0 amide bonds. The number of aliphatic hydroxyl groups excluding tert-OH is 1. The molecule has 0 aromatic heterocycles. The summed E-state index contributed by atoms with van der Waals surface area (Å²) in [4.78, 5) is 0. The molecule has 1 aliphatic carbocycles. The summed E-state index contributed by atoms with van der Waals surface area (Å²) >= 11 is 0. The highest BCUT2D eigenvalue weighted by atomic mass is 16.3. The van der Waals surface area contributed by atoms with E-state index in [1.54, 1.807) is 0 Å². The van der Waals surface area contributed by atoms with Gasteiger partial charge < -0.3 is 10.4 Å². The predicted octanol–water partition coefficient (Wildman–Crippen LogP) is 2.46. The van der Waals surface area contributed by atoms with Gasteiger partial charge in [0.25, 0.3) is 0 Å². The minimum atomic E-state index is 0.140. The monoisotopic (exact) mass is 219 g/mol. The van der Waals surface area contributed by atoms with Crippen molar-refractivity contribution >= 4 is 0 Å². The molecule has 2 N–H and O–H groups in total. The van der Waals surface area contributed by atoms with E-state index in [1.807, 2.05) is 18.2 Å². The third kappa shape index (κ3) is 3.06. The first-order chi connectivity index (χ1) is 7.90. The van der Waals surface area contributed by atoms with Crippen molar-refractivity contribution in [3.63, 3.8) is 0 Å². The molecular formula is C14H21NO. The second-order valence-electron chi connectivity index (χ2n) is 4.71. The van der Waals surface area contributed by atoms with Crippen LogP contribution in [0.1, 0.15) is 36.8 Å². The molecule has 16 heavy (non-hydrogen) atoms. The molecular weight excluding hydrogens is 198 g/mol. The first-order valence-electron chi connectivity index (χ1n) is 6.28. The molecule has 1 saturated carbocycles. The number of rotatable bonds is 5. The highest BCUT2D eigenvalue weighted by Crippen LogP contribution is 2.23. The van der Waals surface area contributed by atoms with Crippen molar-refractivity contribution in [2.75, 3.05) is 6.54 Å². The van der Waals surface area contributed by atoms with Gasteiger partial charge in [0, 0.05) is 6.54 Å². The molecule has 2 nitrogen and oxygen atoms in total. The van der Waals surface area contributed by atoms with Gasteiger partial charge in [-0.15, -0.1) is 0 Å². The molecule has 0 unspecified atom stereocenters. The molecule has 2 rings (SSSR count). The van der Waals surface area contributed by atoms with Gasteiger partial charge in [0.2, 0.25) is 0 Å². The number of aliphatic hydroxyl groups is 1. The first-order valence-corrected chi connectivity index (χ1v) is 6.28. The third-order valence-corrected chi connectivity index (χ3v) is 3.51. The molecule has 0 aliphatic heterocycles. The molecule has 88 valence electrons. The van der Waals surface area contributed by atoms with Gasteiger partial charge in [-0.1, -0.05) is 37.1 Å². The first kappa shape index (κ1) is 11.6. The maximum atomic E-state index is 9.20. The lowest BCUT2D eigenvalue weighted by Crippen LogP contribution is -2.21. The largest absolute Gasteiger partial charge is 0.392 e. The topological polar surface area (TPSA) is 32.3 Å². The van der Waals surface area contributed by atoms with Crippen molar-refractivity contribution < 1.29 is 5.11 Å². The Hall–Kier alpha value is -0.860. The second kappa shape index (κ2) is 6.02. The third-order valence-electron chi connectivity index (χ3n) is 3.51. The Labute approximate surface area is 97.7 Å². The van der Waals surface area contributed by atoms with Gasteiger partial charge in [0.05, 0.1) is 6.61 Å². The van der Waals surface area contributed by atoms with E-state index >= 15 is 0 Å². The average Bonchev–Trinajstić information content (AvgIpc) is 2.83. The van der Waals surface area contributed by atoms with E-state index in [1.165, 1.54) is 31.2 Å². The Kier molecular flexibility index (Phi) is 4.37. The van der Waals surface area contributed by atoms with Crippen LogP contribution in [-0.2, 0) is 13.2 Å². The molecule has 2 heteroatoms. The van der Waals surface area contributed by atoms with Crippen LogP contribution in [-0.4, -0.2) is 11.7 Å². The van der Waals surface area contributed by atoms with Gasteiger partial charge in [0.15, 0.2) is 0 Å². The number of hydrogen-bond donors (Lipinski definition) is 2. The van der Waals surface area contributed by atoms with Crippen LogP contribution in [0.5, 0.6) is 0 Å². The highest BCUT2D eigenvalue weighted by Gasteiger charge is 2.14. The van der Waals surface area contributed by atoms with Gasteiger partial charge in [-0.2, -0.15) is 0 Å². The lowest BCUT2D eigenvalue weighted by atomic mass is 10.1. The molecule has 1 fully saturated rings. The number of hydrogen-bond acceptors (Lipinski definition) is 2. The number of benzene rings is 1. The van der Waals surface area contributed by atoms with Crippen LogP contribution in [0.15, 0.2) is 24.3 Å². The van der Waals surface area contributed by atoms with Crippen molar-refractivity contribution in [3.8, 4) is 0 Å². The van der Waals surface area contributed by atoms with Crippen molar-refractivity contribution in [2.45, 2.75) is 38.8 Å². The smallest absolute Gasteiger partial charge is 0.0685 e. The van der Waals surface area contributed by atoms with Crippen molar-refractivity contribution in [3.05, 3.63) is 35.4 Å². The van der Waals surface area contributed by atoms with Gasteiger partial charge >= 0.3 is 0 Å². The van der Waals surface area contributed by atoms with Gasteiger partial charge in [-0.25, -0.2) is 0 Å². The van der Waals surface area contributed by atoms with E-state index in [9.17, 15) is 5.11 Å². The Balaban J connectivity index is 1.79. The summed E-state index contributed by atoms with van der Waals surface area (Å²) in [5.74, 6) is 0.876. The van der Waals surface area contributed by atoms with E-state index in [2.05, 4.69) is 11.4 Å². The Morgan fingerprint density at radius 1 is 1.12 bits per heavy atom. The molecule has 0 heterocycles. The van der Waals surface area contributed by atoms with E-state index in [4.69, 9.17) is 0 Å². The summed E-state index contributed by atoms with van der Waals surface area (Å²) in [6.45, 7) is 2.15. The minimum absolute atomic E-state index is 0.140. The van der Waals surface area contributed by atoms with Crippen LogP contribution < -0.4 is 5.32 Å². The summed E-state index contributed by atoms with van der Waals surface area (Å²) in [7, 11) is 0. The standard InChI is InChI=1S/C14H21NO/c16-11-14-8-4-3-7-13(14)10-15-9-12-5-1-2-6-12/h3-4,7-8,12,15-16H,1-2,5-6,9-11H2. The SMILES string of the molecule is OCc1ccccc1CNCC1CCCC1. The molecule has 0 spiro atoms. The Morgan fingerprint density at radius 2 is 1.81 bits per heavy atom. The zero-order chi connectivity index (χ0) is 11.2. The van der Waals surface area contributed by atoms with Gasteiger partial charge in [0.1, 0.15) is 0 Å². The van der Waals surface area contributed by atoms with Crippen LogP contribution in [0, 0.1) is 5.92 Å². The fraction of sp³-hybridized carbons (Fsp3) is 0.571. The van der Waals surface area contributed by atoms with E-state index in [0.29, 0.717) is 0 Å². The molecule has 0 radical (unpaired) electrons. The zero-order valence-corrected chi connectivity index (χ0v) is 9.78. The van der Waals surface area contributed by atoms with Crippen molar-refractivity contribution in [1.29, 1.82) is 0 Å². The maximum absolute atomic E-state index is 9.20. The lowest BCUT2D eigenvalue weighted by molar-refractivity contribution is 0.280. The van der Waals surface area contributed by atoms with Crippen LogP contribution >= 0.6 is 0 Å². The Bertz CT molecular complexity index is 318.